The van der Waals surface area contributed by atoms with Crippen LogP contribution in [-0.4, -0.2) is 18.3 Å². The maximum absolute atomic E-state index is 4.12. The van der Waals surface area contributed by atoms with Crippen LogP contribution in [0.1, 0.15) is 6.42 Å². The van der Waals surface area contributed by atoms with Gasteiger partial charge in [0.2, 0.25) is 0 Å². The van der Waals surface area contributed by atoms with Crippen LogP contribution in [0.4, 0.5) is 0 Å². The Balaban J connectivity index is 2.03. The summed E-state index contributed by atoms with van der Waals surface area (Å²) in [5.41, 5.74) is 1.16. The van der Waals surface area contributed by atoms with Crippen LogP contribution in [0.25, 0.3) is 0 Å². The first-order valence-electron chi connectivity index (χ1n) is 3.61. The van der Waals surface area contributed by atoms with E-state index in [9.17, 15) is 0 Å². The maximum Gasteiger partial charge on any atom is 0.0681 e. The third-order valence-electron chi connectivity index (χ3n) is 1.79. The lowest BCUT2D eigenvalue weighted by atomic mass is 10.1. The predicted octanol–water partition coefficient (Wildman–Crippen LogP) is 0.873. The Bertz CT molecular complexity index is 213. The first-order valence-corrected chi connectivity index (χ1v) is 3.61. The lowest BCUT2D eigenvalue weighted by Gasteiger charge is -2.20. The Hall–Kier alpha value is -0.890. The van der Waals surface area contributed by atoms with Crippen LogP contribution < -0.4 is 5.32 Å². The van der Waals surface area contributed by atoms with Crippen molar-refractivity contribution in [2.45, 2.75) is 12.5 Å². The lowest BCUT2D eigenvalue weighted by molar-refractivity contribution is 0.671. The second-order valence-corrected chi connectivity index (χ2v) is 2.52. The molecule has 0 aromatic rings. The molecule has 1 atom stereocenters. The molecule has 1 unspecified atom stereocenters. The second kappa shape index (κ2) is 2.39. The van der Waals surface area contributed by atoms with Gasteiger partial charge in [0, 0.05) is 6.20 Å². The molecule has 0 saturated heterocycles. The Labute approximate surface area is 60.3 Å². The highest BCUT2D eigenvalue weighted by Crippen LogP contribution is 2.06. The summed E-state index contributed by atoms with van der Waals surface area (Å²) in [5, 5.41) is 3.35. The van der Waals surface area contributed by atoms with Crippen molar-refractivity contribution in [3.8, 4) is 0 Å². The largest absolute Gasteiger partial charge is 0.305 e. The first-order chi connectivity index (χ1) is 4.97. The maximum atomic E-state index is 4.12. The molecule has 0 aromatic heterocycles. The molecule has 52 valence electrons. The average Bonchev–Trinajstić information content (AvgIpc) is 1.86. The van der Waals surface area contributed by atoms with Gasteiger partial charge in [-0.2, -0.15) is 0 Å². The topological polar surface area (TPSA) is 24.4 Å². The van der Waals surface area contributed by atoms with Crippen LogP contribution in [0.3, 0.4) is 0 Å². The molecule has 2 nitrogen and oxygen atoms in total. The molecule has 0 amide bonds. The summed E-state index contributed by atoms with van der Waals surface area (Å²) < 4.78 is 0. The molecular formula is C8H10N2. The van der Waals surface area contributed by atoms with Crippen molar-refractivity contribution in [1.82, 2.24) is 5.32 Å². The Kier molecular flexibility index (Phi) is 1.40. The minimum absolute atomic E-state index is 0.388. The lowest BCUT2D eigenvalue weighted by Crippen LogP contribution is -2.38. The molecule has 0 aliphatic carbocycles. The molecule has 1 N–H and O–H groups in total. The first kappa shape index (κ1) is 5.86. The van der Waals surface area contributed by atoms with Crippen molar-refractivity contribution < 1.29 is 0 Å². The minimum atomic E-state index is 0.388. The van der Waals surface area contributed by atoms with Crippen LogP contribution >= 0.6 is 0 Å². The zero-order chi connectivity index (χ0) is 6.81. The van der Waals surface area contributed by atoms with Gasteiger partial charge in [-0.15, -0.1) is 0 Å². The molecule has 10 heavy (non-hydrogen) atoms. The number of hydrogen-bond acceptors (Lipinski definition) is 2. The van der Waals surface area contributed by atoms with E-state index in [1.807, 2.05) is 12.3 Å². The van der Waals surface area contributed by atoms with Crippen molar-refractivity contribution >= 4 is 5.71 Å². The molecule has 2 heteroatoms. The van der Waals surface area contributed by atoms with Crippen LogP contribution in [-0.2, 0) is 0 Å². The standard InChI is InChI=1S/C8H10N2/c1-2-5-9-7(3-1)8-4-6-10-8/h1,3-4,6-7,9H,2,5H2. The van der Waals surface area contributed by atoms with Gasteiger partial charge in [0.25, 0.3) is 0 Å². The highest BCUT2D eigenvalue weighted by molar-refractivity contribution is 6.04. The quantitative estimate of drug-likeness (QED) is 0.529. The van der Waals surface area contributed by atoms with E-state index in [0.717, 1.165) is 18.7 Å². The zero-order valence-corrected chi connectivity index (χ0v) is 5.75. The van der Waals surface area contributed by atoms with Crippen LogP contribution in [0, 0.1) is 0 Å². The van der Waals surface area contributed by atoms with E-state index in [0.29, 0.717) is 6.04 Å². The number of nitrogens with zero attached hydrogens (tertiary/aromatic N) is 1. The molecule has 2 aliphatic rings. The van der Waals surface area contributed by atoms with Crippen molar-refractivity contribution in [3.05, 3.63) is 24.4 Å². The van der Waals surface area contributed by atoms with Gasteiger partial charge < -0.3 is 5.32 Å². The van der Waals surface area contributed by atoms with Crippen LogP contribution in [0.5, 0.6) is 0 Å². The number of aliphatic imine (C=N–C) groups is 1. The van der Waals surface area contributed by atoms with E-state index in [1.165, 1.54) is 0 Å². The van der Waals surface area contributed by atoms with Crippen molar-refractivity contribution in [2.75, 3.05) is 6.54 Å². The summed E-state index contributed by atoms with van der Waals surface area (Å²) in [6.07, 6.45) is 9.40. The molecular weight excluding hydrogens is 124 g/mol. The Morgan fingerprint density at radius 3 is 3.00 bits per heavy atom. The van der Waals surface area contributed by atoms with Gasteiger partial charge in [0.05, 0.1) is 11.8 Å². The molecule has 0 aromatic carbocycles. The molecule has 0 bridgehead atoms. The van der Waals surface area contributed by atoms with Crippen molar-refractivity contribution in [3.63, 3.8) is 0 Å². The van der Waals surface area contributed by atoms with Gasteiger partial charge in [-0.05, 0) is 19.0 Å². The van der Waals surface area contributed by atoms with Gasteiger partial charge in [-0.1, -0.05) is 12.2 Å². The Morgan fingerprint density at radius 2 is 2.50 bits per heavy atom. The van der Waals surface area contributed by atoms with Gasteiger partial charge in [0.1, 0.15) is 0 Å². The number of nitrogens with one attached hydrogen (secondary N) is 1. The van der Waals surface area contributed by atoms with E-state index in [2.05, 4.69) is 22.5 Å². The smallest absolute Gasteiger partial charge is 0.0681 e. The van der Waals surface area contributed by atoms with E-state index < -0.39 is 0 Å². The Morgan fingerprint density at radius 1 is 1.60 bits per heavy atom. The fourth-order valence-corrected chi connectivity index (χ4v) is 1.17. The van der Waals surface area contributed by atoms with Gasteiger partial charge in [-0.25, -0.2) is 0 Å². The summed E-state index contributed by atoms with van der Waals surface area (Å²) in [6.45, 7) is 1.08. The summed E-state index contributed by atoms with van der Waals surface area (Å²) >= 11 is 0. The molecule has 0 fully saturated rings. The van der Waals surface area contributed by atoms with E-state index in [4.69, 9.17) is 0 Å². The third-order valence-corrected chi connectivity index (χ3v) is 1.79. The summed E-state index contributed by atoms with van der Waals surface area (Å²) in [6, 6.07) is 0.388. The molecule has 0 saturated carbocycles. The molecule has 0 spiro atoms. The summed E-state index contributed by atoms with van der Waals surface area (Å²) in [5.74, 6) is 0. The third kappa shape index (κ3) is 0.907. The number of hydrogen-bond donors (Lipinski definition) is 1. The van der Waals surface area contributed by atoms with Gasteiger partial charge in [-0.3, -0.25) is 4.99 Å². The molecule has 2 rings (SSSR count). The van der Waals surface area contributed by atoms with E-state index in [-0.39, 0.29) is 0 Å². The highest BCUT2D eigenvalue weighted by Gasteiger charge is 2.13. The minimum Gasteiger partial charge on any atom is -0.305 e. The SMILES string of the molecule is C1=CC(C2=NC=C2)NCC1. The fourth-order valence-electron chi connectivity index (χ4n) is 1.17. The summed E-state index contributed by atoms with van der Waals surface area (Å²) in [7, 11) is 0. The predicted molar refractivity (Wildman–Crippen MR) is 42.1 cm³/mol. The zero-order valence-electron chi connectivity index (χ0n) is 5.75. The molecule has 0 radical (unpaired) electrons. The molecule has 2 aliphatic heterocycles. The van der Waals surface area contributed by atoms with Gasteiger partial charge >= 0.3 is 0 Å². The monoisotopic (exact) mass is 134 g/mol. The van der Waals surface area contributed by atoms with Gasteiger partial charge in [0.15, 0.2) is 0 Å². The highest BCUT2D eigenvalue weighted by atomic mass is 14.9. The fraction of sp³-hybridized carbons (Fsp3) is 0.375. The van der Waals surface area contributed by atoms with Crippen LogP contribution in [0.2, 0.25) is 0 Å². The van der Waals surface area contributed by atoms with Crippen LogP contribution in [0.15, 0.2) is 29.4 Å². The van der Waals surface area contributed by atoms with E-state index in [1.54, 1.807) is 0 Å². The number of rotatable bonds is 1. The average molecular weight is 134 g/mol. The van der Waals surface area contributed by atoms with Crippen molar-refractivity contribution in [2.24, 2.45) is 4.99 Å². The molecule has 2 heterocycles. The second-order valence-electron chi connectivity index (χ2n) is 2.52. The van der Waals surface area contributed by atoms with E-state index >= 15 is 0 Å². The normalized spacial score (nSPS) is 29.6. The van der Waals surface area contributed by atoms with Crippen molar-refractivity contribution in [1.29, 1.82) is 0 Å². The summed E-state index contributed by atoms with van der Waals surface area (Å²) in [4.78, 5) is 4.12.